The quantitative estimate of drug-likeness (QED) is 0.654. The van der Waals surface area contributed by atoms with E-state index < -0.39 is 0 Å². The van der Waals surface area contributed by atoms with Crippen LogP contribution in [0.5, 0.6) is 0 Å². The van der Waals surface area contributed by atoms with Crippen molar-refractivity contribution in [1.29, 1.82) is 0 Å². The number of halogens is 1. The summed E-state index contributed by atoms with van der Waals surface area (Å²) in [5, 5.41) is 0. The lowest BCUT2D eigenvalue weighted by Crippen LogP contribution is -2.26. The minimum Gasteiger partial charge on any atom is -0.466 e. The van der Waals surface area contributed by atoms with Crippen LogP contribution in [0.4, 0.5) is 0 Å². The molecule has 0 aromatic carbocycles. The highest BCUT2D eigenvalue weighted by Gasteiger charge is 2.40. The van der Waals surface area contributed by atoms with E-state index in [1.807, 2.05) is 0 Å². The molecule has 4 heteroatoms. The van der Waals surface area contributed by atoms with Crippen molar-refractivity contribution in [3.63, 3.8) is 0 Å². The van der Waals surface area contributed by atoms with E-state index in [4.69, 9.17) is 10.5 Å². The summed E-state index contributed by atoms with van der Waals surface area (Å²) in [6, 6.07) is 0. The van der Waals surface area contributed by atoms with Crippen molar-refractivity contribution in [2.45, 2.75) is 31.7 Å². The summed E-state index contributed by atoms with van der Waals surface area (Å²) in [4.78, 5) is 10.8. The average molecular weight is 180 g/mol. The molecule has 0 amide bonds. The second-order valence-corrected chi connectivity index (χ2v) is 2.84. The Labute approximate surface area is 72.7 Å². The van der Waals surface area contributed by atoms with Gasteiger partial charge in [-0.2, -0.15) is 0 Å². The van der Waals surface area contributed by atoms with Crippen LogP contribution in [-0.4, -0.2) is 18.1 Å². The van der Waals surface area contributed by atoms with Crippen molar-refractivity contribution in [2.75, 3.05) is 6.61 Å². The maximum atomic E-state index is 10.8. The predicted octanol–water partition coefficient (Wildman–Crippen LogP) is 0.853. The zero-order valence-electron chi connectivity index (χ0n) is 6.63. The van der Waals surface area contributed by atoms with Gasteiger partial charge in [0.15, 0.2) is 0 Å². The molecule has 0 radical (unpaired) electrons. The molecule has 11 heavy (non-hydrogen) atoms. The Morgan fingerprint density at radius 1 is 1.64 bits per heavy atom. The van der Waals surface area contributed by atoms with E-state index in [0.29, 0.717) is 13.0 Å². The number of ether oxygens (including phenoxy) is 1. The van der Waals surface area contributed by atoms with Crippen LogP contribution in [0.1, 0.15) is 26.2 Å². The number of rotatable bonds is 3. The van der Waals surface area contributed by atoms with Gasteiger partial charge in [0.25, 0.3) is 0 Å². The Morgan fingerprint density at radius 3 is 2.55 bits per heavy atom. The standard InChI is InChI=1S/C7H13NO2.ClH/c1-2-10-6(9)5-7(8)3-4-7;/h2-5,8H2,1H3;1H. The molecule has 1 saturated carbocycles. The van der Waals surface area contributed by atoms with Gasteiger partial charge in [0.2, 0.25) is 0 Å². The number of hydrogen-bond donors (Lipinski definition) is 1. The van der Waals surface area contributed by atoms with Crippen molar-refractivity contribution < 1.29 is 9.53 Å². The van der Waals surface area contributed by atoms with Crippen LogP contribution in [0.25, 0.3) is 0 Å². The molecule has 1 aliphatic carbocycles. The predicted molar refractivity (Wildman–Crippen MR) is 44.7 cm³/mol. The Morgan fingerprint density at radius 2 is 2.18 bits per heavy atom. The minimum absolute atomic E-state index is 0. The normalized spacial score (nSPS) is 18.4. The van der Waals surface area contributed by atoms with Crippen LogP contribution in [0, 0.1) is 0 Å². The summed E-state index contributed by atoms with van der Waals surface area (Å²) in [6.45, 7) is 2.25. The summed E-state index contributed by atoms with van der Waals surface area (Å²) in [6.07, 6.45) is 2.32. The average Bonchev–Trinajstić information content (AvgIpc) is 2.48. The van der Waals surface area contributed by atoms with Crippen LogP contribution in [0.3, 0.4) is 0 Å². The van der Waals surface area contributed by atoms with Gasteiger partial charge in [-0.15, -0.1) is 12.4 Å². The Balaban J connectivity index is 0.000001000. The largest absolute Gasteiger partial charge is 0.466 e. The van der Waals surface area contributed by atoms with Crippen molar-refractivity contribution in [3.8, 4) is 0 Å². The maximum Gasteiger partial charge on any atom is 0.307 e. The van der Waals surface area contributed by atoms with Gasteiger partial charge in [-0.05, 0) is 19.8 Å². The minimum atomic E-state index is -0.202. The van der Waals surface area contributed by atoms with E-state index in [1.165, 1.54) is 0 Å². The first-order valence-corrected chi connectivity index (χ1v) is 3.61. The molecule has 1 rings (SSSR count). The number of carbonyl (C=O) groups is 1. The van der Waals surface area contributed by atoms with E-state index >= 15 is 0 Å². The molecule has 0 aromatic heterocycles. The van der Waals surface area contributed by atoms with E-state index in [9.17, 15) is 4.79 Å². The monoisotopic (exact) mass is 179 g/mol. The van der Waals surface area contributed by atoms with Gasteiger partial charge >= 0.3 is 5.97 Å². The van der Waals surface area contributed by atoms with E-state index in [2.05, 4.69) is 0 Å². The fourth-order valence-corrected chi connectivity index (χ4v) is 0.837. The smallest absolute Gasteiger partial charge is 0.307 e. The second-order valence-electron chi connectivity index (χ2n) is 2.84. The fourth-order valence-electron chi connectivity index (χ4n) is 0.837. The molecule has 0 saturated heterocycles. The maximum absolute atomic E-state index is 10.8. The fraction of sp³-hybridized carbons (Fsp3) is 0.857. The van der Waals surface area contributed by atoms with Gasteiger partial charge in [0.1, 0.15) is 0 Å². The molecule has 0 bridgehead atoms. The van der Waals surface area contributed by atoms with Gasteiger partial charge in [0, 0.05) is 5.54 Å². The molecule has 0 unspecified atom stereocenters. The zero-order valence-corrected chi connectivity index (χ0v) is 7.45. The van der Waals surface area contributed by atoms with Crippen molar-refractivity contribution in [3.05, 3.63) is 0 Å². The first kappa shape index (κ1) is 10.7. The third kappa shape index (κ3) is 3.58. The molecule has 1 aliphatic rings. The van der Waals surface area contributed by atoms with Gasteiger partial charge in [-0.3, -0.25) is 4.79 Å². The lowest BCUT2D eigenvalue weighted by atomic mass is 10.2. The van der Waals surface area contributed by atoms with Crippen LogP contribution >= 0.6 is 12.4 Å². The van der Waals surface area contributed by atoms with Crippen LogP contribution in [-0.2, 0) is 9.53 Å². The first-order chi connectivity index (χ1) is 4.66. The van der Waals surface area contributed by atoms with Crippen LogP contribution in [0.2, 0.25) is 0 Å². The molecular weight excluding hydrogens is 166 g/mol. The SMILES string of the molecule is CCOC(=O)CC1(N)CC1.Cl. The number of nitrogens with two attached hydrogens (primary N) is 1. The lowest BCUT2D eigenvalue weighted by molar-refractivity contribution is -0.143. The Kier molecular flexibility index (Phi) is 3.83. The molecular formula is C7H14ClNO2. The number of carbonyl (C=O) groups excluding carboxylic acids is 1. The van der Waals surface area contributed by atoms with Crippen molar-refractivity contribution in [1.82, 2.24) is 0 Å². The van der Waals surface area contributed by atoms with E-state index in [0.717, 1.165) is 12.8 Å². The summed E-state index contributed by atoms with van der Waals surface area (Å²) in [5.74, 6) is -0.164. The first-order valence-electron chi connectivity index (χ1n) is 3.61. The highest BCUT2D eigenvalue weighted by Crippen LogP contribution is 2.35. The van der Waals surface area contributed by atoms with Gasteiger partial charge in [-0.25, -0.2) is 0 Å². The summed E-state index contributed by atoms with van der Waals surface area (Å²) < 4.78 is 4.74. The highest BCUT2D eigenvalue weighted by molar-refractivity contribution is 5.85. The van der Waals surface area contributed by atoms with E-state index in [1.54, 1.807) is 6.92 Å². The second kappa shape index (κ2) is 3.93. The number of hydrogen-bond acceptors (Lipinski definition) is 3. The van der Waals surface area contributed by atoms with Gasteiger partial charge < -0.3 is 10.5 Å². The Bertz CT molecular complexity index is 145. The highest BCUT2D eigenvalue weighted by atomic mass is 35.5. The molecule has 3 nitrogen and oxygen atoms in total. The van der Waals surface area contributed by atoms with Crippen LogP contribution < -0.4 is 5.73 Å². The van der Waals surface area contributed by atoms with Gasteiger partial charge in [-0.1, -0.05) is 0 Å². The topological polar surface area (TPSA) is 52.3 Å². The van der Waals surface area contributed by atoms with Crippen molar-refractivity contribution >= 4 is 18.4 Å². The third-order valence-electron chi connectivity index (χ3n) is 1.69. The molecule has 0 aromatic rings. The molecule has 0 atom stereocenters. The summed E-state index contributed by atoms with van der Waals surface area (Å²) in [5.41, 5.74) is 5.47. The summed E-state index contributed by atoms with van der Waals surface area (Å²) in [7, 11) is 0. The van der Waals surface area contributed by atoms with E-state index in [-0.39, 0.29) is 23.9 Å². The molecule has 1 fully saturated rings. The third-order valence-corrected chi connectivity index (χ3v) is 1.69. The van der Waals surface area contributed by atoms with Crippen LogP contribution in [0.15, 0.2) is 0 Å². The molecule has 2 N–H and O–H groups in total. The molecule has 0 aliphatic heterocycles. The van der Waals surface area contributed by atoms with Crippen molar-refractivity contribution in [2.24, 2.45) is 5.73 Å². The van der Waals surface area contributed by atoms with Gasteiger partial charge in [0.05, 0.1) is 13.0 Å². The summed E-state index contributed by atoms with van der Waals surface area (Å²) >= 11 is 0. The zero-order chi connectivity index (χ0) is 7.61. The molecule has 0 heterocycles. The molecule has 66 valence electrons. The Hall–Kier alpha value is -0.280. The lowest BCUT2D eigenvalue weighted by Gasteiger charge is -2.05. The molecule has 0 spiro atoms. The number of esters is 1.